The van der Waals surface area contributed by atoms with Gasteiger partial charge in [0.05, 0.1) is 38.2 Å². The summed E-state index contributed by atoms with van der Waals surface area (Å²) in [5.41, 5.74) is 0.391. The van der Waals surface area contributed by atoms with Crippen LogP contribution in [0.5, 0.6) is 17.4 Å². The summed E-state index contributed by atoms with van der Waals surface area (Å²) >= 11 is 0. The number of fused-ring (bicyclic) bond motifs is 2. The van der Waals surface area contributed by atoms with Crippen molar-refractivity contribution in [3.8, 4) is 17.4 Å². The van der Waals surface area contributed by atoms with Crippen molar-refractivity contribution in [2.45, 2.75) is 0 Å². The molecule has 6 nitrogen and oxygen atoms in total. The lowest BCUT2D eigenvalue weighted by Gasteiger charge is -2.03. The molecule has 0 aliphatic heterocycles. The Labute approximate surface area is 113 Å². The van der Waals surface area contributed by atoms with E-state index in [1.807, 2.05) is 0 Å². The van der Waals surface area contributed by atoms with Crippen molar-refractivity contribution in [2.75, 3.05) is 21.3 Å². The van der Waals surface area contributed by atoms with Gasteiger partial charge in [0.1, 0.15) is 16.9 Å². The highest BCUT2D eigenvalue weighted by Gasteiger charge is 2.18. The van der Waals surface area contributed by atoms with Crippen LogP contribution in [0.2, 0.25) is 0 Å². The van der Waals surface area contributed by atoms with Gasteiger partial charge in [0, 0.05) is 6.07 Å². The quantitative estimate of drug-likeness (QED) is 0.685. The van der Waals surface area contributed by atoms with E-state index >= 15 is 0 Å². The van der Waals surface area contributed by atoms with Crippen molar-refractivity contribution in [3.05, 3.63) is 28.6 Å². The summed E-state index contributed by atoms with van der Waals surface area (Å²) in [5.74, 6) is 1.18. The van der Waals surface area contributed by atoms with Crippen molar-refractivity contribution in [2.24, 2.45) is 0 Å². The van der Waals surface area contributed by atoms with E-state index in [2.05, 4.69) is 0 Å². The number of methoxy groups -OCH3 is 3. The molecular formula is C14H12O6. The molecule has 0 amide bonds. The second-order valence-electron chi connectivity index (χ2n) is 4.11. The molecular weight excluding hydrogens is 264 g/mol. The molecule has 104 valence electrons. The predicted molar refractivity (Wildman–Crippen MR) is 71.9 cm³/mol. The summed E-state index contributed by atoms with van der Waals surface area (Å²) in [6, 6.07) is 4.68. The molecule has 20 heavy (non-hydrogen) atoms. The Morgan fingerprint density at radius 3 is 2.25 bits per heavy atom. The first-order valence-electron chi connectivity index (χ1n) is 5.84. The largest absolute Gasteiger partial charge is 0.496 e. The van der Waals surface area contributed by atoms with E-state index in [1.165, 1.54) is 27.4 Å². The van der Waals surface area contributed by atoms with Gasteiger partial charge in [-0.2, -0.15) is 0 Å². The maximum Gasteiger partial charge on any atom is 0.339 e. The van der Waals surface area contributed by atoms with E-state index in [4.69, 9.17) is 23.0 Å². The maximum absolute atomic E-state index is 11.5. The molecule has 0 radical (unpaired) electrons. The van der Waals surface area contributed by atoms with Gasteiger partial charge < -0.3 is 23.0 Å². The molecule has 0 N–H and O–H groups in total. The Morgan fingerprint density at radius 2 is 1.60 bits per heavy atom. The molecule has 2 heterocycles. The van der Waals surface area contributed by atoms with E-state index in [0.29, 0.717) is 33.4 Å². The summed E-state index contributed by atoms with van der Waals surface area (Å²) in [4.78, 5) is 11.5. The monoisotopic (exact) mass is 276 g/mol. The number of ether oxygens (including phenoxy) is 3. The van der Waals surface area contributed by atoms with Gasteiger partial charge in [-0.25, -0.2) is 4.79 Å². The van der Waals surface area contributed by atoms with Gasteiger partial charge >= 0.3 is 11.6 Å². The Hall–Kier alpha value is -2.63. The highest BCUT2D eigenvalue weighted by atomic mass is 16.6. The molecule has 2 aromatic heterocycles. The van der Waals surface area contributed by atoms with Crippen LogP contribution in [0, 0.1) is 0 Å². The normalized spacial score (nSPS) is 10.9. The van der Waals surface area contributed by atoms with Gasteiger partial charge in [-0.1, -0.05) is 0 Å². The number of furan rings is 1. The molecule has 0 atom stereocenters. The maximum atomic E-state index is 11.5. The van der Waals surface area contributed by atoms with Crippen molar-refractivity contribution in [3.63, 3.8) is 0 Å². The van der Waals surface area contributed by atoms with Crippen LogP contribution in [0.1, 0.15) is 0 Å². The van der Waals surface area contributed by atoms with E-state index < -0.39 is 5.63 Å². The summed E-state index contributed by atoms with van der Waals surface area (Å²) in [6.45, 7) is 0. The van der Waals surface area contributed by atoms with E-state index in [1.54, 1.807) is 12.1 Å². The number of benzene rings is 1. The fourth-order valence-electron chi connectivity index (χ4n) is 2.18. The van der Waals surface area contributed by atoms with Crippen LogP contribution in [0.15, 0.2) is 31.8 Å². The summed E-state index contributed by atoms with van der Waals surface area (Å²) in [7, 11) is 4.51. The Bertz CT molecular complexity index is 842. The van der Waals surface area contributed by atoms with Gasteiger partial charge in [0.2, 0.25) is 5.75 Å². The van der Waals surface area contributed by atoms with Gasteiger partial charge in [-0.15, -0.1) is 0 Å². The molecule has 0 fully saturated rings. The lowest BCUT2D eigenvalue weighted by Crippen LogP contribution is -1.98. The van der Waals surface area contributed by atoms with Gasteiger partial charge in [0.25, 0.3) is 0 Å². The fraction of sp³-hybridized carbons (Fsp3) is 0.214. The molecule has 0 bridgehead atoms. The van der Waals surface area contributed by atoms with Crippen LogP contribution in [-0.2, 0) is 0 Å². The lowest BCUT2D eigenvalue weighted by atomic mass is 10.1. The molecule has 0 saturated carbocycles. The SMILES string of the molecule is COc1oc2cc3oc(=O)cc(OC)c3cc2c1OC. The fourth-order valence-corrected chi connectivity index (χ4v) is 2.18. The van der Waals surface area contributed by atoms with Crippen molar-refractivity contribution >= 4 is 21.9 Å². The number of hydrogen-bond acceptors (Lipinski definition) is 6. The Balaban J connectivity index is 2.45. The lowest BCUT2D eigenvalue weighted by molar-refractivity contribution is 0.287. The van der Waals surface area contributed by atoms with Crippen LogP contribution in [0.3, 0.4) is 0 Å². The average Bonchev–Trinajstić information content (AvgIpc) is 2.80. The van der Waals surface area contributed by atoms with E-state index in [9.17, 15) is 4.79 Å². The molecule has 6 heteroatoms. The van der Waals surface area contributed by atoms with Crippen LogP contribution in [-0.4, -0.2) is 21.3 Å². The topological polar surface area (TPSA) is 71.0 Å². The Kier molecular flexibility index (Phi) is 2.78. The average molecular weight is 276 g/mol. The van der Waals surface area contributed by atoms with Gasteiger partial charge in [0.15, 0.2) is 0 Å². The number of hydrogen-bond donors (Lipinski definition) is 0. The third-order valence-corrected chi connectivity index (χ3v) is 3.05. The van der Waals surface area contributed by atoms with Crippen molar-refractivity contribution < 1.29 is 23.0 Å². The van der Waals surface area contributed by atoms with E-state index in [0.717, 1.165) is 0 Å². The second-order valence-corrected chi connectivity index (χ2v) is 4.11. The number of rotatable bonds is 3. The molecule has 0 aliphatic carbocycles. The summed E-state index contributed by atoms with van der Waals surface area (Å²) in [6.07, 6.45) is 0. The molecule has 0 aliphatic rings. The minimum atomic E-state index is -0.487. The first-order valence-corrected chi connectivity index (χ1v) is 5.84. The zero-order chi connectivity index (χ0) is 14.3. The minimum absolute atomic E-state index is 0.263. The molecule has 1 aromatic carbocycles. The van der Waals surface area contributed by atoms with Crippen LogP contribution in [0.25, 0.3) is 21.9 Å². The second kappa shape index (κ2) is 4.48. The zero-order valence-corrected chi connectivity index (χ0v) is 11.2. The molecule has 3 rings (SSSR count). The third kappa shape index (κ3) is 1.69. The first-order chi connectivity index (χ1) is 9.67. The molecule has 0 unspecified atom stereocenters. The highest BCUT2D eigenvalue weighted by Crippen LogP contribution is 2.41. The van der Waals surface area contributed by atoms with Crippen LogP contribution >= 0.6 is 0 Å². The zero-order valence-electron chi connectivity index (χ0n) is 11.2. The smallest absolute Gasteiger partial charge is 0.339 e. The van der Waals surface area contributed by atoms with Crippen molar-refractivity contribution in [1.29, 1.82) is 0 Å². The predicted octanol–water partition coefficient (Wildman–Crippen LogP) is 2.57. The first kappa shape index (κ1) is 12.4. The van der Waals surface area contributed by atoms with E-state index in [-0.39, 0.29) is 5.95 Å². The molecule has 3 aromatic rings. The highest BCUT2D eigenvalue weighted by molar-refractivity contribution is 5.99. The van der Waals surface area contributed by atoms with Crippen LogP contribution < -0.4 is 19.8 Å². The minimum Gasteiger partial charge on any atom is -0.496 e. The summed E-state index contributed by atoms with van der Waals surface area (Å²) < 4.78 is 26.3. The third-order valence-electron chi connectivity index (χ3n) is 3.05. The molecule has 0 spiro atoms. The summed E-state index contributed by atoms with van der Waals surface area (Å²) in [5, 5.41) is 1.37. The molecule has 0 saturated heterocycles. The standard InChI is InChI=1S/C14H12O6/c1-16-9-6-12(15)19-10-5-11-8(4-7(9)10)13(17-2)14(18-3)20-11/h4-6H,1-3H3. The Morgan fingerprint density at radius 1 is 0.850 bits per heavy atom. The van der Waals surface area contributed by atoms with Gasteiger partial charge in [-0.3, -0.25) is 0 Å². The van der Waals surface area contributed by atoms with Crippen molar-refractivity contribution in [1.82, 2.24) is 0 Å². The van der Waals surface area contributed by atoms with Gasteiger partial charge in [-0.05, 0) is 6.07 Å². The van der Waals surface area contributed by atoms with Crippen LogP contribution in [0.4, 0.5) is 0 Å².